The first-order chi connectivity index (χ1) is 11.4. The fourth-order valence-electron chi connectivity index (χ4n) is 2.21. The maximum Gasteiger partial charge on any atom is 0.433 e. The van der Waals surface area contributed by atoms with E-state index in [1.807, 2.05) is 6.07 Å². The van der Waals surface area contributed by atoms with Crippen LogP contribution >= 0.6 is 15.9 Å². The molecular weight excluding hydrogens is 378 g/mol. The summed E-state index contributed by atoms with van der Waals surface area (Å²) < 4.78 is 5.85. The van der Waals surface area contributed by atoms with Gasteiger partial charge < -0.3 is 10.2 Å². The third-order valence-corrected chi connectivity index (χ3v) is 3.76. The van der Waals surface area contributed by atoms with E-state index in [-0.39, 0.29) is 5.88 Å². The fraction of sp³-hybridized carbons (Fsp3) is 0. The maximum absolute atomic E-state index is 11.7. The highest BCUT2D eigenvalue weighted by molar-refractivity contribution is 9.10. The van der Waals surface area contributed by atoms with Crippen molar-refractivity contribution >= 4 is 50.8 Å². The van der Waals surface area contributed by atoms with Crippen molar-refractivity contribution in [3.8, 4) is 0 Å². The molecule has 0 saturated carbocycles. The molecule has 0 atom stereocenters. The van der Waals surface area contributed by atoms with Crippen LogP contribution in [0.4, 0.5) is 5.88 Å². The number of nitrogens with zero attached hydrogens (tertiary/aromatic N) is 2. The Bertz CT molecular complexity index is 994. The first-order valence-corrected chi connectivity index (χ1v) is 7.56. The summed E-state index contributed by atoms with van der Waals surface area (Å²) in [7, 11) is 0. The number of halogens is 1. The summed E-state index contributed by atoms with van der Waals surface area (Å²) in [6.45, 7) is 0. The predicted molar refractivity (Wildman–Crippen MR) is 92.3 cm³/mol. The summed E-state index contributed by atoms with van der Waals surface area (Å²) in [4.78, 5) is 26.1. The molecule has 120 valence electrons. The number of aromatic nitrogens is 1. The second-order valence-corrected chi connectivity index (χ2v) is 5.80. The van der Waals surface area contributed by atoms with Crippen molar-refractivity contribution in [1.82, 2.24) is 4.98 Å². The number of hydrogen-bond acceptors (Lipinski definition) is 5. The second-order valence-electron chi connectivity index (χ2n) is 4.89. The molecular formula is C16H10BrN3O4. The number of carbonyl (C=O) groups excluding carboxylic acids is 1. The van der Waals surface area contributed by atoms with Crippen molar-refractivity contribution in [1.29, 1.82) is 0 Å². The van der Waals surface area contributed by atoms with Gasteiger partial charge in [0.05, 0.1) is 22.8 Å². The molecule has 1 aromatic carbocycles. The first kappa shape index (κ1) is 15.9. The molecule has 0 bridgehead atoms. The zero-order valence-electron chi connectivity index (χ0n) is 12.1. The first-order valence-electron chi connectivity index (χ1n) is 6.76. The lowest BCUT2D eigenvalue weighted by atomic mass is 10.1. The lowest BCUT2D eigenvalue weighted by Crippen LogP contribution is -2.12. The molecule has 0 radical (unpaired) electrons. The van der Waals surface area contributed by atoms with Crippen LogP contribution in [0.5, 0.6) is 0 Å². The van der Waals surface area contributed by atoms with E-state index in [2.05, 4.69) is 20.9 Å². The summed E-state index contributed by atoms with van der Waals surface area (Å²) in [5, 5.41) is 11.2. The van der Waals surface area contributed by atoms with Crippen LogP contribution in [0.3, 0.4) is 0 Å². The molecule has 24 heavy (non-hydrogen) atoms. The Balaban J connectivity index is 2.02. The Hall–Kier alpha value is -3.00. The van der Waals surface area contributed by atoms with Gasteiger partial charge in [-0.15, -0.1) is 0 Å². The van der Waals surface area contributed by atoms with Gasteiger partial charge in [0.1, 0.15) is 10.7 Å². The van der Waals surface area contributed by atoms with Crippen molar-refractivity contribution in [2.75, 3.05) is 0 Å². The molecule has 0 aliphatic rings. The molecule has 0 aliphatic carbocycles. The van der Waals surface area contributed by atoms with Gasteiger partial charge in [-0.3, -0.25) is 14.9 Å². The summed E-state index contributed by atoms with van der Waals surface area (Å²) in [5.41, 5.74) is 6.88. The van der Waals surface area contributed by atoms with E-state index < -0.39 is 10.8 Å². The molecule has 8 heteroatoms. The van der Waals surface area contributed by atoms with Crippen LogP contribution in [0.25, 0.3) is 23.1 Å². The average molecular weight is 388 g/mol. The molecule has 1 amide bonds. The molecule has 0 unspecified atom stereocenters. The molecule has 3 aromatic rings. The number of primary amides is 1. The van der Waals surface area contributed by atoms with E-state index in [1.54, 1.807) is 24.3 Å². The molecule has 2 aromatic heterocycles. The highest BCUT2D eigenvalue weighted by Crippen LogP contribution is 2.24. The Labute approximate surface area is 144 Å². The number of carbonyl (C=O) groups is 1. The summed E-state index contributed by atoms with van der Waals surface area (Å²) in [6.07, 6.45) is 3.13. The van der Waals surface area contributed by atoms with Crippen LogP contribution in [0, 0.1) is 10.1 Å². The van der Waals surface area contributed by atoms with E-state index >= 15 is 0 Å². The van der Waals surface area contributed by atoms with Crippen LogP contribution < -0.4 is 5.73 Å². The number of nitrogens with two attached hydrogens (primary N) is 1. The van der Waals surface area contributed by atoms with Gasteiger partial charge in [0.25, 0.3) is 0 Å². The summed E-state index contributed by atoms with van der Waals surface area (Å²) >= 11 is 3.35. The van der Waals surface area contributed by atoms with Gasteiger partial charge in [0.2, 0.25) is 5.91 Å². The third kappa shape index (κ3) is 3.18. The minimum absolute atomic E-state index is 0.306. The van der Waals surface area contributed by atoms with Gasteiger partial charge in [-0.2, -0.15) is 0 Å². The van der Waals surface area contributed by atoms with Gasteiger partial charge in [0, 0.05) is 9.86 Å². The SMILES string of the molecule is NC(=O)c1cc(/C=C/c2ccc([N+](=O)[O-])o2)nc2ccc(Br)cc12. The maximum atomic E-state index is 11.7. The van der Waals surface area contributed by atoms with E-state index in [4.69, 9.17) is 10.2 Å². The van der Waals surface area contributed by atoms with Crippen molar-refractivity contribution in [3.05, 3.63) is 68.0 Å². The highest BCUT2D eigenvalue weighted by Gasteiger charge is 2.11. The Morgan fingerprint density at radius 1 is 1.25 bits per heavy atom. The largest absolute Gasteiger partial charge is 0.433 e. The number of hydrogen-bond donors (Lipinski definition) is 1. The summed E-state index contributed by atoms with van der Waals surface area (Å²) in [5.74, 6) is -0.604. The predicted octanol–water partition coefficient (Wildman–Crippen LogP) is 3.77. The summed E-state index contributed by atoms with van der Waals surface area (Å²) in [6, 6.07) is 9.64. The van der Waals surface area contributed by atoms with Crippen molar-refractivity contribution in [2.45, 2.75) is 0 Å². The molecule has 0 fully saturated rings. The number of benzene rings is 1. The second kappa shape index (κ2) is 6.25. The topological polar surface area (TPSA) is 112 Å². The molecule has 0 spiro atoms. The normalized spacial score (nSPS) is 11.2. The monoisotopic (exact) mass is 387 g/mol. The minimum atomic E-state index is -0.616. The van der Waals surface area contributed by atoms with Crippen LogP contribution in [0.15, 0.2) is 45.3 Å². The van der Waals surface area contributed by atoms with Gasteiger partial charge in [-0.1, -0.05) is 15.9 Å². The lowest BCUT2D eigenvalue weighted by Gasteiger charge is -2.05. The van der Waals surface area contributed by atoms with E-state index in [0.717, 1.165) is 4.47 Å². The number of furan rings is 1. The molecule has 2 N–H and O–H groups in total. The van der Waals surface area contributed by atoms with Crippen molar-refractivity contribution < 1.29 is 14.1 Å². The minimum Gasteiger partial charge on any atom is -0.401 e. The Morgan fingerprint density at radius 2 is 2.04 bits per heavy atom. The zero-order valence-corrected chi connectivity index (χ0v) is 13.7. The van der Waals surface area contributed by atoms with Crippen LogP contribution in [-0.2, 0) is 0 Å². The van der Waals surface area contributed by atoms with Crippen LogP contribution in [0.1, 0.15) is 21.8 Å². The van der Waals surface area contributed by atoms with Gasteiger partial charge >= 0.3 is 5.88 Å². The lowest BCUT2D eigenvalue weighted by molar-refractivity contribution is -0.402. The molecule has 3 rings (SSSR count). The zero-order chi connectivity index (χ0) is 17.3. The third-order valence-electron chi connectivity index (χ3n) is 3.27. The quantitative estimate of drug-likeness (QED) is 0.540. The molecule has 0 aliphatic heterocycles. The van der Waals surface area contributed by atoms with E-state index in [1.165, 1.54) is 18.2 Å². The van der Waals surface area contributed by atoms with Gasteiger partial charge in [-0.25, -0.2) is 4.98 Å². The number of rotatable bonds is 4. The highest BCUT2D eigenvalue weighted by atomic mass is 79.9. The number of pyridine rings is 1. The van der Waals surface area contributed by atoms with Crippen LogP contribution in [0.2, 0.25) is 0 Å². The Kier molecular flexibility index (Phi) is 4.13. The number of amides is 1. The van der Waals surface area contributed by atoms with E-state index in [0.29, 0.717) is 27.9 Å². The molecule has 2 heterocycles. The number of fused-ring (bicyclic) bond motifs is 1. The Morgan fingerprint density at radius 3 is 2.71 bits per heavy atom. The van der Waals surface area contributed by atoms with Gasteiger partial charge in [-0.05, 0) is 42.5 Å². The smallest absolute Gasteiger partial charge is 0.401 e. The fourth-order valence-corrected chi connectivity index (χ4v) is 2.57. The number of nitro groups is 1. The standard InChI is InChI=1S/C16H10BrN3O4/c17-9-1-5-14-12(7-9)13(16(18)21)8-10(19-14)2-3-11-4-6-15(24-11)20(22)23/h1-8H,(H2,18,21)/b3-2+. The molecule has 7 nitrogen and oxygen atoms in total. The molecule has 0 saturated heterocycles. The van der Waals surface area contributed by atoms with Gasteiger partial charge in [0.15, 0.2) is 0 Å². The van der Waals surface area contributed by atoms with Crippen molar-refractivity contribution in [3.63, 3.8) is 0 Å². The van der Waals surface area contributed by atoms with Crippen molar-refractivity contribution in [2.24, 2.45) is 5.73 Å². The average Bonchev–Trinajstić information content (AvgIpc) is 3.01. The van der Waals surface area contributed by atoms with Crippen LogP contribution in [-0.4, -0.2) is 15.8 Å². The van der Waals surface area contributed by atoms with E-state index in [9.17, 15) is 14.9 Å².